The molecule has 0 aliphatic carbocycles. The van der Waals surface area contributed by atoms with Crippen molar-refractivity contribution < 1.29 is 32.7 Å². The predicted octanol–water partition coefficient (Wildman–Crippen LogP) is 2.64. The number of nitrogens with one attached hydrogen (secondary N) is 3. The van der Waals surface area contributed by atoms with Crippen molar-refractivity contribution in [3.05, 3.63) is 54.1 Å². The Morgan fingerprint density at radius 1 is 0.970 bits per heavy atom. The van der Waals surface area contributed by atoms with E-state index in [0.29, 0.717) is 17.8 Å². The lowest BCUT2D eigenvalue weighted by molar-refractivity contribution is -0.125. The van der Waals surface area contributed by atoms with Gasteiger partial charge in [0.05, 0.1) is 13.2 Å². The first kappa shape index (κ1) is 23.6. The lowest BCUT2D eigenvalue weighted by atomic mass is 10.2. The van der Waals surface area contributed by atoms with E-state index in [1.807, 2.05) is 0 Å². The number of imide groups is 1. The molecule has 5 amide bonds. The van der Waals surface area contributed by atoms with Gasteiger partial charge in [0, 0.05) is 36.8 Å². The zero-order chi connectivity index (χ0) is 23.8. The van der Waals surface area contributed by atoms with E-state index in [-0.39, 0.29) is 56.0 Å². The Morgan fingerprint density at radius 2 is 1.61 bits per heavy atom. The zero-order valence-corrected chi connectivity index (χ0v) is 17.5. The molecule has 1 fully saturated rings. The van der Waals surface area contributed by atoms with Crippen molar-refractivity contribution in [2.75, 3.05) is 30.3 Å². The Kier molecular flexibility index (Phi) is 7.90. The number of rotatable bonds is 10. The van der Waals surface area contributed by atoms with Crippen LogP contribution in [0.25, 0.3) is 0 Å². The van der Waals surface area contributed by atoms with Crippen molar-refractivity contribution in [3.63, 3.8) is 0 Å². The smallest absolute Gasteiger partial charge is 0.324 e. The molecule has 3 rings (SSSR count). The molecule has 11 heteroatoms. The molecule has 0 saturated carbocycles. The molecule has 33 heavy (non-hydrogen) atoms. The highest BCUT2D eigenvalue weighted by atomic mass is 19.1. The van der Waals surface area contributed by atoms with Gasteiger partial charge in [-0.15, -0.1) is 0 Å². The third-order valence-electron chi connectivity index (χ3n) is 4.65. The van der Waals surface area contributed by atoms with Gasteiger partial charge in [-0.05, 0) is 42.8 Å². The van der Waals surface area contributed by atoms with E-state index in [1.165, 1.54) is 6.07 Å². The molecule has 3 N–H and O–H groups in total. The predicted molar refractivity (Wildman–Crippen MR) is 115 cm³/mol. The number of halogens is 2. The van der Waals surface area contributed by atoms with Crippen LogP contribution in [0, 0.1) is 11.6 Å². The molecule has 9 nitrogen and oxygen atoms in total. The van der Waals surface area contributed by atoms with Crippen molar-refractivity contribution in [2.45, 2.75) is 19.3 Å². The Labute approximate surface area is 188 Å². The van der Waals surface area contributed by atoms with Crippen LogP contribution >= 0.6 is 0 Å². The van der Waals surface area contributed by atoms with Gasteiger partial charge in [0.1, 0.15) is 5.82 Å². The van der Waals surface area contributed by atoms with Gasteiger partial charge in [-0.25, -0.2) is 13.6 Å². The van der Waals surface area contributed by atoms with Crippen molar-refractivity contribution in [3.8, 4) is 5.75 Å². The van der Waals surface area contributed by atoms with Gasteiger partial charge in [-0.3, -0.25) is 19.3 Å². The summed E-state index contributed by atoms with van der Waals surface area (Å²) < 4.78 is 31.5. The van der Waals surface area contributed by atoms with Crippen LogP contribution in [0.3, 0.4) is 0 Å². The zero-order valence-electron chi connectivity index (χ0n) is 17.5. The van der Waals surface area contributed by atoms with Gasteiger partial charge in [0.2, 0.25) is 17.7 Å². The molecule has 1 aliphatic heterocycles. The summed E-state index contributed by atoms with van der Waals surface area (Å²) >= 11 is 0. The van der Waals surface area contributed by atoms with E-state index in [9.17, 15) is 28.0 Å². The van der Waals surface area contributed by atoms with E-state index in [2.05, 4.69) is 16.0 Å². The Bertz CT molecular complexity index is 1030. The molecule has 0 radical (unpaired) electrons. The summed E-state index contributed by atoms with van der Waals surface area (Å²) in [5.74, 6) is -2.59. The Morgan fingerprint density at radius 3 is 2.18 bits per heavy atom. The molecule has 0 atom stereocenters. The highest BCUT2D eigenvalue weighted by Crippen LogP contribution is 2.18. The van der Waals surface area contributed by atoms with Crippen LogP contribution < -0.4 is 20.7 Å². The van der Waals surface area contributed by atoms with Crippen molar-refractivity contribution in [1.82, 2.24) is 10.2 Å². The monoisotopic (exact) mass is 460 g/mol. The summed E-state index contributed by atoms with van der Waals surface area (Å²) in [6.45, 7) is 0.0151. The number of carbonyl (C=O) groups is 4. The molecule has 2 aromatic carbocycles. The molecular formula is C22H22F2N4O5. The Balaban J connectivity index is 1.36. The standard InChI is InChI=1S/C22H22F2N4O5/c23-14-3-8-18(17(24)12-14)33-11-1-2-19(29)26-15-4-6-16(7-5-15)27-20(30)9-10-28-21(31)13-25-22(28)32/h3-8,12H,1-2,9-11,13H2,(H,25,32)(H,26,29)(H,27,30). The minimum atomic E-state index is -0.804. The number of benzene rings is 2. The molecule has 2 aromatic rings. The number of anilines is 2. The molecule has 0 spiro atoms. The number of urea groups is 1. The van der Waals surface area contributed by atoms with Crippen LogP contribution in [-0.2, 0) is 14.4 Å². The van der Waals surface area contributed by atoms with Gasteiger partial charge in [-0.1, -0.05) is 0 Å². The number of hydrogen-bond acceptors (Lipinski definition) is 5. The average molecular weight is 460 g/mol. The number of hydrogen-bond donors (Lipinski definition) is 3. The van der Waals surface area contributed by atoms with Crippen LogP contribution in [0.1, 0.15) is 19.3 Å². The van der Waals surface area contributed by atoms with E-state index >= 15 is 0 Å². The third-order valence-corrected chi connectivity index (χ3v) is 4.65. The van der Waals surface area contributed by atoms with Crippen molar-refractivity contribution in [1.29, 1.82) is 0 Å². The topological polar surface area (TPSA) is 117 Å². The second kappa shape index (κ2) is 11.0. The van der Waals surface area contributed by atoms with Gasteiger partial charge in [0.15, 0.2) is 11.6 Å². The molecule has 0 aromatic heterocycles. The summed E-state index contributed by atoms with van der Waals surface area (Å²) in [7, 11) is 0. The van der Waals surface area contributed by atoms with Crippen LogP contribution in [0.15, 0.2) is 42.5 Å². The fourth-order valence-electron chi connectivity index (χ4n) is 2.99. The molecule has 1 aliphatic rings. The maximum atomic E-state index is 13.5. The SMILES string of the molecule is O=C(CCCOc1ccc(F)cc1F)Nc1ccc(NC(=O)CCN2C(=O)CNC2=O)cc1. The number of carbonyl (C=O) groups excluding carboxylic acids is 4. The van der Waals surface area contributed by atoms with Crippen LogP contribution in [-0.4, -0.2) is 48.3 Å². The normalized spacial score (nSPS) is 13.0. The fourth-order valence-corrected chi connectivity index (χ4v) is 2.99. The van der Waals surface area contributed by atoms with E-state index in [1.54, 1.807) is 24.3 Å². The summed E-state index contributed by atoms with van der Waals surface area (Å²) in [5.41, 5.74) is 1.01. The highest BCUT2D eigenvalue weighted by molar-refractivity contribution is 6.02. The second-order valence-electron chi connectivity index (χ2n) is 7.15. The number of amides is 5. The minimum Gasteiger partial charge on any atom is -0.491 e. The van der Waals surface area contributed by atoms with Crippen molar-refractivity contribution in [2.24, 2.45) is 0 Å². The van der Waals surface area contributed by atoms with Crippen molar-refractivity contribution >= 4 is 35.1 Å². The number of ether oxygens (including phenoxy) is 1. The molecular weight excluding hydrogens is 438 g/mol. The van der Waals surface area contributed by atoms with Crippen LogP contribution in [0.2, 0.25) is 0 Å². The summed E-state index contributed by atoms with van der Waals surface area (Å²) in [5, 5.41) is 7.72. The molecule has 0 unspecified atom stereocenters. The second-order valence-corrected chi connectivity index (χ2v) is 7.15. The maximum absolute atomic E-state index is 13.5. The third kappa shape index (κ3) is 6.99. The quantitative estimate of drug-likeness (QED) is 0.372. The summed E-state index contributed by atoms with van der Waals surface area (Å²) in [6, 6.07) is 8.90. The average Bonchev–Trinajstić information content (AvgIpc) is 3.09. The minimum absolute atomic E-state index is 0.0117. The van der Waals surface area contributed by atoms with Crippen LogP contribution in [0.4, 0.5) is 25.0 Å². The first-order valence-electron chi connectivity index (χ1n) is 10.2. The van der Waals surface area contributed by atoms with Gasteiger partial charge < -0.3 is 20.7 Å². The molecule has 174 valence electrons. The first-order valence-corrected chi connectivity index (χ1v) is 10.2. The number of nitrogens with zero attached hydrogens (tertiary/aromatic N) is 1. The summed E-state index contributed by atoms with van der Waals surface area (Å²) in [4.78, 5) is 48.0. The molecule has 1 heterocycles. The fraction of sp³-hybridized carbons (Fsp3) is 0.273. The van der Waals surface area contributed by atoms with Gasteiger partial charge in [-0.2, -0.15) is 0 Å². The van der Waals surface area contributed by atoms with E-state index in [0.717, 1.165) is 17.0 Å². The van der Waals surface area contributed by atoms with Crippen LogP contribution in [0.5, 0.6) is 5.75 Å². The maximum Gasteiger partial charge on any atom is 0.324 e. The van der Waals surface area contributed by atoms with E-state index < -0.39 is 17.7 Å². The molecule has 1 saturated heterocycles. The lowest BCUT2D eigenvalue weighted by Gasteiger charge is -2.12. The highest BCUT2D eigenvalue weighted by Gasteiger charge is 2.28. The van der Waals surface area contributed by atoms with E-state index in [4.69, 9.17) is 4.74 Å². The molecule has 0 bridgehead atoms. The van der Waals surface area contributed by atoms with Gasteiger partial charge in [0.25, 0.3) is 0 Å². The summed E-state index contributed by atoms with van der Waals surface area (Å²) in [6.07, 6.45) is 0.417. The van der Waals surface area contributed by atoms with Gasteiger partial charge >= 0.3 is 6.03 Å². The largest absolute Gasteiger partial charge is 0.491 e. The first-order chi connectivity index (χ1) is 15.8. The lowest BCUT2D eigenvalue weighted by Crippen LogP contribution is -2.33. The Hall–Kier alpha value is -4.02.